The van der Waals surface area contributed by atoms with Gasteiger partial charge in [0.15, 0.2) is 15.7 Å². The van der Waals surface area contributed by atoms with Crippen molar-refractivity contribution in [2.75, 3.05) is 25.4 Å². The first-order chi connectivity index (χ1) is 10.1. The molecule has 3 heterocycles. The van der Waals surface area contributed by atoms with E-state index in [1.165, 1.54) is 12.8 Å². The summed E-state index contributed by atoms with van der Waals surface area (Å²) < 4.78 is 29.3. The van der Waals surface area contributed by atoms with E-state index in [0.29, 0.717) is 25.2 Å². The molecule has 2 unspecified atom stereocenters. The number of nitrogens with two attached hydrogens (primary N) is 1. The topological polar surface area (TPSA) is 102 Å². The van der Waals surface area contributed by atoms with Crippen molar-refractivity contribution in [1.29, 1.82) is 0 Å². The first-order valence-electron chi connectivity index (χ1n) is 7.59. The Morgan fingerprint density at radius 2 is 2.05 bits per heavy atom. The quantitative estimate of drug-likeness (QED) is 0.877. The summed E-state index contributed by atoms with van der Waals surface area (Å²) in [6, 6.07) is -0.327. The highest BCUT2D eigenvalue weighted by atomic mass is 32.2. The summed E-state index contributed by atoms with van der Waals surface area (Å²) in [7, 11) is -3.16. The molecule has 0 bridgehead atoms. The van der Waals surface area contributed by atoms with Gasteiger partial charge in [-0.1, -0.05) is 11.6 Å². The summed E-state index contributed by atoms with van der Waals surface area (Å²) >= 11 is 0. The van der Waals surface area contributed by atoms with Crippen LogP contribution in [-0.2, 0) is 9.84 Å². The van der Waals surface area contributed by atoms with Gasteiger partial charge in [-0.3, -0.25) is 0 Å². The SMILES string of the molecule is NC(CN1CCCC1)c1noc(C2CCCCS2(=O)=O)n1. The molecule has 2 aliphatic heterocycles. The van der Waals surface area contributed by atoms with Crippen molar-refractivity contribution < 1.29 is 12.9 Å². The molecule has 21 heavy (non-hydrogen) atoms. The molecule has 0 amide bonds. The van der Waals surface area contributed by atoms with Crippen molar-refractivity contribution in [2.45, 2.75) is 43.4 Å². The molecule has 3 rings (SSSR count). The molecule has 0 aliphatic carbocycles. The maximum absolute atomic E-state index is 12.1. The number of hydrogen-bond acceptors (Lipinski definition) is 7. The largest absolute Gasteiger partial charge is 0.338 e. The van der Waals surface area contributed by atoms with Crippen LogP contribution in [0.2, 0.25) is 0 Å². The van der Waals surface area contributed by atoms with Crippen molar-refractivity contribution in [3.63, 3.8) is 0 Å². The zero-order chi connectivity index (χ0) is 14.9. The normalized spacial score (nSPS) is 27.8. The third kappa shape index (κ3) is 3.27. The molecule has 118 valence electrons. The first kappa shape index (κ1) is 14.9. The summed E-state index contributed by atoms with van der Waals surface area (Å²) in [5, 5.41) is 3.25. The average Bonchev–Trinajstić information content (AvgIpc) is 3.09. The van der Waals surface area contributed by atoms with Crippen LogP contribution in [-0.4, -0.2) is 48.8 Å². The monoisotopic (exact) mass is 314 g/mol. The molecule has 2 atom stereocenters. The molecule has 0 saturated carbocycles. The summed E-state index contributed by atoms with van der Waals surface area (Å²) in [5.41, 5.74) is 6.11. The van der Waals surface area contributed by atoms with Crippen LogP contribution in [0.15, 0.2) is 4.52 Å². The second-order valence-electron chi connectivity index (χ2n) is 5.96. The lowest BCUT2D eigenvalue weighted by Gasteiger charge is -2.19. The van der Waals surface area contributed by atoms with Crippen molar-refractivity contribution in [3.05, 3.63) is 11.7 Å². The highest BCUT2D eigenvalue weighted by Gasteiger charge is 2.35. The number of likely N-dealkylation sites (tertiary alicyclic amines) is 1. The Morgan fingerprint density at radius 3 is 2.76 bits per heavy atom. The third-order valence-electron chi connectivity index (χ3n) is 4.30. The van der Waals surface area contributed by atoms with E-state index in [4.69, 9.17) is 10.3 Å². The van der Waals surface area contributed by atoms with Gasteiger partial charge in [0.05, 0.1) is 11.8 Å². The third-order valence-corrected chi connectivity index (χ3v) is 6.46. The molecule has 8 heteroatoms. The van der Waals surface area contributed by atoms with Crippen molar-refractivity contribution in [2.24, 2.45) is 5.73 Å². The number of rotatable bonds is 4. The fourth-order valence-electron chi connectivity index (χ4n) is 3.09. The van der Waals surface area contributed by atoms with Gasteiger partial charge in [-0.15, -0.1) is 0 Å². The van der Waals surface area contributed by atoms with Gasteiger partial charge in [0.25, 0.3) is 0 Å². The zero-order valence-electron chi connectivity index (χ0n) is 12.1. The summed E-state index contributed by atoms with van der Waals surface area (Å²) in [6.45, 7) is 2.79. The van der Waals surface area contributed by atoms with Crippen LogP contribution in [0.3, 0.4) is 0 Å². The Labute approximate surface area is 124 Å². The van der Waals surface area contributed by atoms with E-state index >= 15 is 0 Å². The van der Waals surface area contributed by atoms with Crippen LogP contribution in [0.5, 0.6) is 0 Å². The first-order valence-corrected chi connectivity index (χ1v) is 9.31. The lowest BCUT2D eigenvalue weighted by molar-refractivity contribution is 0.304. The summed E-state index contributed by atoms with van der Waals surface area (Å²) in [4.78, 5) is 6.54. The van der Waals surface area contributed by atoms with Crippen molar-refractivity contribution in [1.82, 2.24) is 15.0 Å². The molecule has 0 radical (unpaired) electrons. The number of nitrogens with zero attached hydrogens (tertiary/aromatic N) is 3. The van der Waals surface area contributed by atoms with Gasteiger partial charge < -0.3 is 15.2 Å². The van der Waals surface area contributed by atoms with E-state index in [-0.39, 0.29) is 17.7 Å². The zero-order valence-corrected chi connectivity index (χ0v) is 12.9. The Kier molecular flexibility index (Phi) is 4.28. The Hall–Kier alpha value is -0.990. The number of sulfone groups is 1. The van der Waals surface area contributed by atoms with Crippen LogP contribution < -0.4 is 5.73 Å². The van der Waals surface area contributed by atoms with Gasteiger partial charge in [-0.05, 0) is 38.8 Å². The van der Waals surface area contributed by atoms with Gasteiger partial charge in [0.1, 0.15) is 5.25 Å². The number of aromatic nitrogens is 2. The maximum Gasteiger partial charge on any atom is 0.245 e. The molecule has 2 saturated heterocycles. The molecule has 0 aromatic carbocycles. The van der Waals surface area contributed by atoms with Gasteiger partial charge in [-0.2, -0.15) is 4.98 Å². The van der Waals surface area contributed by atoms with Crippen molar-refractivity contribution in [3.8, 4) is 0 Å². The van der Waals surface area contributed by atoms with Crippen LogP contribution >= 0.6 is 0 Å². The highest BCUT2D eigenvalue weighted by molar-refractivity contribution is 7.91. The second-order valence-corrected chi connectivity index (χ2v) is 8.26. The Bertz CT molecular complexity index is 580. The van der Waals surface area contributed by atoms with Gasteiger partial charge in [-0.25, -0.2) is 8.42 Å². The van der Waals surface area contributed by atoms with Gasteiger partial charge >= 0.3 is 0 Å². The second kappa shape index (κ2) is 6.02. The molecule has 2 N–H and O–H groups in total. The minimum Gasteiger partial charge on any atom is -0.338 e. The van der Waals surface area contributed by atoms with E-state index in [1.807, 2.05) is 0 Å². The molecule has 1 aromatic rings. The van der Waals surface area contributed by atoms with E-state index in [1.54, 1.807) is 0 Å². The van der Waals surface area contributed by atoms with Crippen LogP contribution in [0, 0.1) is 0 Å². The lowest BCUT2D eigenvalue weighted by Crippen LogP contribution is -2.30. The molecular formula is C13H22N4O3S. The van der Waals surface area contributed by atoms with E-state index in [2.05, 4.69) is 15.0 Å². The van der Waals surface area contributed by atoms with Gasteiger partial charge in [0, 0.05) is 6.54 Å². The molecule has 0 spiro atoms. The van der Waals surface area contributed by atoms with E-state index in [9.17, 15) is 8.42 Å². The standard InChI is InChI=1S/C13H22N4O3S/c14-10(9-17-6-2-3-7-17)12-15-13(20-16-12)11-5-1-4-8-21(11,18)19/h10-11H,1-9,14H2. The lowest BCUT2D eigenvalue weighted by atomic mass is 10.2. The summed E-state index contributed by atoms with van der Waals surface area (Å²) in [6.07, 6.45) is 4.55. The fourth-order valence-corrected chi connectivity index (χ4v) is 4.91. The minimum absolute atomic E-state index is 0.204. The molecular weight excluding hydrogens is 292 g/mol. The van der Waals surface area contributed by atoms with Gasteiger partial charge in [0.2, 0.25) is 5.89 Å². The molecule has 2 aliphatic rings. The summed E-state index contributed by atoms with van der Waals surface area (Å²) in [5.74, 6) is 0.828. The maximum atomic E-state index is 12.1. The Morgan fingerprint density at radius 1 is 1.29 bits per heavy atom. The highest BCUT2D eigenvalue weighted by Crippen LogP contribution is 2.32. The average molecular weight is 314 g/mol. The van der Waals surface area contributed by atoms with E-state index < -0.39 is 15.1 Å². The molecule has 1 aromatic heterocycles. The predicted octanol–water partition coefficient (Wildman–Crippen LogP) is 0.805. The minimum atomic E-state index is -3.16. The fraction of sp³-hybridized carbons (Fsp3) is 0.846. The smallest absolute Gasteiger partial charge is 0.245 e. The molecule has 7 nitrogen and oxygen atoms in total. The number of hydrogen-bond donors (Lipinski definition) is 1. The molecule has 2 fully saturated rings. The van der Waals surface area contributed by atoms with Crippen LogP contribution in [0.25, 0.3) is 0 Å². The predicted molar refractivity (Wildman–Crippen MR) is 77.3 cm³/mol. The van der Waals surface area contributed by atoms with Crippen molar-refractivity contribution >= 4 is 9.84 Å². The Balaban J connectivity index is 1.70. The van der Waals surface area contributed by atoms with Crippen LogP contribution in [0.1, 0.15) is 55.1 Å². The van der Waals surface area contributed by atoms with Crippen LogP contribution in [0.4, 0.5) is 0 Å². The van der Waals surface area contributed by atoms with E-state index in [0.717, 1.165) is 19.5 Å².